The molecule has 0 aliphatic carbocycles. The summed E-state index contributed by atoms with van der Waals surface area (Å²) in [6, 6.07) is 16.4. The maximum Gasteiger partial charge on any atom is 0.225 e. The molecule has 164 valence electrons. The smallest absolute Gasteiger partial charge is 0.225 e. The Morgan fingerprint density at radius 3 is 2.75 bits per heavy atom. The van der Waals surface area contributed by atoms with Gasteiger partial charge in [0.2, 0.25) is 5.91 Å². The lowest BCUT2D eigenvalue weighted by molar-refractivity contribution is -0.125. The SMILES string of the molecule is CN(C)c1ccc(CNC(=O)[C@H]2CCCN(c3nc4ncccc4n4cccc34)C2)cc1. The largest absolute Gasteiger partial charge is 0.378 e. The summed E-state index contributed by atoms with van der Waals surface area (Å²) in [5.74, 6) is 0.954. The average Bonchev–Trinajstić information content (AvgIpc) is 3.33. The van der Waals surface area contributed by atoms with E-state index in [1.807, 2.05) is 38.5 Å². The number of fused-ring (bicyclic) bond motifs is 3. The van der Waals surface area contributed by atoms with E-state index in [0.29, 0.717) is 13.1 Å². The molecule has 1 N–H and O–H groups in total. The van der Waals surface area contributed by atoms with Gasteiger partial charge in [0.15, 0.2) is 11.5 Å². The first kappa shape index (κ1) is 20.3. The summed E-state index contributed by atoms with van der Waals surface area (Å²) < 4.78 is 2.13. The number of hydrogen-bond acceptors (Lipinski definition) is 5. The van der Waals surface area contributed by atoms with Gasteiger partial charge in [0.05, 0.1) is 17.0 Å². The first-order valence-corrected chi connectivity index (χ1v) is 11.1. The third-order valence-electron chi connectivity index (χ3n) is 6.23. The number of nitrogens with one attached hydrogen (secondary N) is 1. The summed E-state index contributed by atoms with van der Waals surface area (Å²) >= 11 is 0. The number of aromatic nitrogens is 3. The second kappa shape index (κ2) is 8.49. The number of carbonyl (C=O) groups is 1. The van der Waals surface area contributed by atoms with Crippen molar-refractivity contribution in [2.75, 3.05) is 37.0 Å². The fourth-order valence-corrected chi connectivity index (χ4v) is 4.46. The third kappa shape index (κ3) is 3.86. The van der Waals surface area contributed by atoms with E-state index in [4.69, 9.17) is 4.98 Å². The number of pyridine rings is 1. The standard InChI is InChI=1S/C25H28N6O/c1-29(2)20-11-9-18(10-12-20)16-27-25(32)19-6-4-14-30(17-19)24-22-8-5-15-31(22)21-7-3-13-26-23(21)28-24/h3,5,7-13,15,19H,4,6,14,16-17H2,1-2H3,(H,27,32)/t19-/m0/s1. The van der Waals surface area contributed by atoms with E-state index < -0.39 is 0 Å². The van der Waals surface area contributed by atoms with Crippen LogP contribution in [0, 0.1) is 5.92 Å². The van der Waals surface area contributed by atoms with Crippen molar-refractivity contribution in [3.05, 3.63) is 66.5 Å². The Balaban J connectivity index is 1.31. The number of carbonyl (C=O) groups excluding carboxylic acids is 1. The minimum Gasteiger partial charge on any atom is -0.378 e. The van der Waals surface area contributed by atoms with Gasteiger partial charge in [-0.15, -0.1) is 0 Å². The minimum absolute atomic E-state index is 0.0546. The molecule has 32 heavy (non-hydrogen) atoms. The molecule has 7 nitrogen and oxygen atoms in total. The van der Waals surface area contributed by atoms with Crippen LogP contribution in [-0.2, 0) is 11.3 Å². The number of anilines is 2. The highest BCUT2D eigenvalue weighted by Gasteiger charge is 2.28. The molecule has 1 aromatic carbocycles. The number of amides is 1. The van der Waals surface area contributed by atoms with Crippen LogP contribution in [0.5, 0.6) is 0 Å². The molecule has 1 fully saturated rings. The molecular weight excluding hydrogens is 400 g/mol. The lowest BCUT2D eigenvalue weighted by Crippen LogP contribution is -2.43. The van der Waals surface area contributed by atoms with E-state index in [-0.39, 0.29) is 11.8 Å². The van der Waals surface area contributed by atoms with Crippen molar-refractivity contribution in [2.24, 2.45) is 5.92 Å². The Bertz CT molecular complexity index is 1250. The summed E-state index contributed by atoms with van der Waals surface area (Å²) in [6.07, 6.45) is 5.67. The van der Waals surface area contributed by atoms with E-state index in [2.05, 4.69) is 54.8 Å². The molecule has 1 atom stereocenters. The van der Waals surface area contributed by atoms with Crippen LogP contribution in [0.15, 0.2) is 60.9 Å². The number of benzene rings is 1. The van der Waals surface area contributed by atoms with Crippen molar-refractivity contribution < 1.29 is 4.79 Å². The molecular formula is C25H28N6O. The van der Waals surface area contributed by atoms with Crippen LogP contribution in [0.1, 0.15) is 18.4 Å². The van der Waals surface area contributed by atoms with Gasteiger partial charge < -0.3 is 19.5 Å². The second-order valence-corrected chi connectivity index (χ2v) is 8.61. The monoisotopic (exact) mass is 428 g/mol. The fraction of sp³-hybridized carbons (Fsp3) is 0.320. The lowest BCUT2D eigenvalue weighted by atomic mass is 9.97. The summed E-state index contributed by atoms with van der Waals surface area (Å²) in [7, 11) is 4.04. The molecule has 4 heterocycles. The van der Waals surface area contributed by atoms with Gasteiger partial charge in [-0.05, 0) is 54.8 Å². The normalized spacial score (nSPS) is 16.4. The van der Waals surface area contributed by atoms with E-state index in [9.17, 15) is 4.79 Å². The van der Waals surface area contributed by atoms with E-state index in [0.717, 1.165) is 53.1 Å². The summed E-state index contributed by atoms with van der Waals surface area (Å²) in [5, 5.41) is 3.13. The van der Waals surface area contributed by atoms with Gasteiger partial charge >= 0.3 is 0 Å². The highest BCUT2D eigenvalue weighted by molar-refractivity contribution is 5.84. The molecule has 5 rings (SSSR count). The first-order valence-electron chi connectivity index (χ1n) is 11.1. The van der Waals surface area contributed by atoms with Gasteiger partial charge in [-0.2, -0.15) is 0 Å². The molecule has 1 aliphatic heterocycles. The topological polar surface area (TPSA) is 65.8 Å². The van der Waals surface area contributed by atoms with Gasteiger partial charge in [-0.25, -0.2) is 9.97 Å². The predicted molar refractivity (Wildman–Crippen MR) is 128 cm³/mol. The summed E-state index contributed by atoms with van der Waals surface area (Å²) in [4.78, 5) is 26.6. The molecule has 4 aromatic rings. The average molecular weight is 429 g/mol. The quantitative estimate of drug-likeness (QED) is 0.527. The number of nitrogens with zero attached hydrogens (tertiary/aromatic N) is 5. The molecule has 3 aromatic heterocycles. The zero-order chi connectivity index (χ0) is 22.1. The summed E-state index contributed by atoms with van der Waals surface area (Å²) in [6.45, 7) is 2.10. The highest BCUT2D eigenvalue weighted by atomic mass is 16.1. The number of piperidine rings is 1. The highest BCUT2D eigenvalue weighted by Crippen LogP contribution is 2.28. The Kier molecular flexibility index (Phi) is 5.39. The van der Waals surface area contributed by atoms with Gasteiger partial charge in [-0.3, -0.25) is 4.79 Å². The van der Waals surface area contributed by atoms with E-state index in [1.165, 1.54) is 0 Å². The van der Waals surface area contributed by atoms with Crippen LogP contribution >= 0.6 is 0 Å². The predicted octanol–water partition coefficient (Wildman–Crippen LogP) is 3.48. The third-order valence-corrected chi connectivity index (χ3v) is 6.23. The van der Waals surface area contributed by atoms with Crippen LogP contribution in [0.2, 0.25) is 0 Å². The molecule has 1 saturated heterocycles. The van der Waals surface area contributed by atoms with Crippen molar-refractivity contribution in [3.63, 3.8) is 0 Å². The van der Waals surface area contributed by atoms with Crippen molar-refractivity contribution >= 4 is 34.1 Å². The summed E-state index contributed by atoms with van der Waals surface area (Å²) in [5.41, 5.74) is 5.01. The minimum atomic E-state index is -0.0546. The fourth-order valence-electron chi connectivity index (χ4n) is 4.46. The van der Waals surface area contributed by atoms with Crippen LogP contribution in [0.4, 0.5) is 11.5 Å². The Labute approximate surface area is 187 Å². The van der Waals surface area contributed by atoms with E-state index in [1.54, 1.807) is 6.20 Å². The molecule has 0 unspecified atom stereocenters. The van der Waals surface area contributed by atoms with Crippen LogP contribution in [0.3, 0.4) is 0 Å². The maximum atomic E-state index is 13.0. The second-order valence-electron chi connectivity index (χ2n) is 8.61. The van der Waals surface area contributed by atoms with E-state index >= 15 is 0 Å². The van der Waals surface area contributed by atoms with Crippen molar-refractivity contribution in [3.8, 4) is 0 Å². The zero-order valence-corrected chi connectivity index (χ0v) is 18.5. The molecule has 0 radical (unpaired) electrons. The zero-order valence-electron chi connectivity index (χ0n) is 18.5. The molecule has 0 spiro atoms. The molecule has 1 aliphatic rings. The lowest BCUT2D eigenvalue weighted by Gasteiger charge is -2.33. The maximum absolute atomic E-state index is 13.0. The number of rotatable bonds is 5. The number of hydrogen-bond donors (Lipinski definition) is 1. The van der Waals surface area contributed by atoms with Crippen molar-refractivity contribution in [2.45, 2.75) is 19.4 Å². The van der Waals surface area contributed by atoms with Crippen LogP contribution < -0.4 is 15.1 Å². The molecule has 1 amide bonds. The molecule has 0 saturated carbocycles. The van der Waals surface area contributed by atoms with Gasteiger partial charge in [0.25, 0.3) is 0 Å². The van der Waals surface area contributed by atoms with Crippen molar-refractivity contribution in [1.82, 2.24) is 19.7 Å². The Hall–Kier alpha value is -3.61. The Morgan fingerprint density at radius 1 is 1.12 bits per heavy atom. The van der Waals surface area contributed by atoms with Crippen LogP contribution in [-0.4, -0.2) is 47.5 Å². The van der Waals surface area contributed by atoms with Gasteiger partial charge in [0.1, 0.15) is 0 Å². The van der Waals surface area contributed by atoms with Gasteiger partial charge in [-0.1, -0.05) is 12.1 Å². The Morgan fingerprint density at radius 2 is 1.94 bits per heavy atom. The first-order chi connectivity index (χ1) is 15.6. The molecule has 7 heteroatoms. The van der Waals surface area contributed by atoms with Crippen LogP contribution in [0.25, 0.3) is 16.7 Å². The molecule has 0 bridgehead atoms. The van der Waals surface area contributed by atoms with Gasteiger partial charge in [0, 0.05) is 51.8 Å². The van der Waals surface area contributed by atoms with Crippen molar-refractivity contribution in [1.29, 1.82) is 0 Å².